The van der Waals surface area contributed by atoms with E-state index >= 15 is 0 Å². The summed E-state index contributed by atoms with van der Waals surface area (Å²) in [5, 5.41) is 9.75. The molecule has 7 heteroatoms. The van der Waals surface area contributed by atoms with E-state index in [0.29, 0.717) is 30.8 Å². The van der Waals surface area contributed by atoms with E-state index in [4.69, 9.17) is 16.3 Å². The smallest absolute Gasteiger partial charge is 0.159 e. The van der Waals surface area contributed by atoms with Gasteiger partial charge in [-0.05, 0) is 30.2 Å². The van der Waals surface area contributed by atoms with Crippen molar-refractivity contribution in [3.05, 3.63) is 58.4 Å². The SMILES string of the molecule is OC1CCN(c2cc(Cl)c(OCc3ccc(F)c(F)c3)cc2F)C1. The van der Waals surface area contributed by atoms with E-state index in [1.807, 2.05) is 0 Å². The molecule has 1 heterocycles. The fraction of sp³-hybridized carbons (Fsp3) is 0.294. The Hall–Kier alpha value is -1.92. The van der Waals surface area contributed by atoms with E-state index in [9.17, 15) is 18.3 Å². The average molecular weight is 358 g/mol. The van der Waals surface area contributed by atoms with Crippen LogP contribution in [0.3, 0.4) is 0 Å². The van der Waals surface area contributed by atoms with Crippen LogP contribution in [0.2, 0.25) is 5.02 Å². The zero-order valence-electron chi connectivity index (χ0n) is 12.6. The zero-order chi connectivity index (χ0) is 17.3. The maximum Gasteiger partial charge on any atom is 0.159 e. The maximum atomic E-state index is 14.3. The van der Waals surface area contributed by atoms with Gasteiger partial charge in [0, 0.05) is 19.2 Å². The van der Waals surface area contributed by atoms with Crippen LogP contribution in [-0.4, -0.2) is 24.3 Å². The van der Waals surface area contributed by atoms with Crippen molar-refractivity contribution in [2.75, 3.05) is 18.0 Å². The number of aliphatic hydroxyl groups is 1. The van der Waals surface area contributed by atoms with E-state index in [0.717, 1.165) is 18.2 Å². The first-order valence-electron chi connectivity index (χ1n) is 7.43. The molecule has 0 amide bonds. The van der Waals surface area contributed by atoms with Gasteiger partial charge in [-0.3, -0.25) is 0 Å². The predicted molar refractivity (Wildman–Crippen MR) is 84.9 cm³/mol. The van der Waals surface area contributed by atoms with Crippen LogP contribution in [0.4, 0.5) is 18.9 Å². The van der Waals surface area contributed by atoms with Crippen molar-refractivity contribution in [2.45, 2.75) is 19.1 Å². The summed E-state index contributed by atoms with van der Waals surface area (Å²) in [6.07, 6.45) is 0.0957. The highest BCUT2D eigenvalue weighted by Crippen LogP contribution is 2.34. The summed E-state index contributed by atoms with van der Waals surface area (Å²) in [6, 6.07) is 5.98. The van der Waals surface area contributed by atoms with Crippen LogP contribution in [-0.2, 0) is 6.61 Å². The molecule has 128 valence electrons. The number of rotatable bonds is 4. The Kier molecular flexibility index (Phi) is 4.87. The molecule has 0 radical (unpaired) electrons. The van der Waals surface area contributed by atoms with Crippen molar-refractivity contribution < 1.29 is 23.0 Å². The van der Waals surface area contributed by atoms with Crippen LogP contribution >= 0.6 is 11.6 Å². The minimum Gasteiger partial charge on any atom is -0.487 e. The fourth-order valence-corrected chi connectivity index (χ4v) is 2.83. The molecule has 3 nitrogen and oxygen atoms in total. The highest BCUT2D eigenvalue weighted by atomic mass is 35.5. The van der Waals surface area contributed by atoms with Crippen molar-refractivity contribution in [3.8, 4) is 5.75 Å². The number of hydrogen-bond donors (Lipinski definition) is 1. The molecule has 1 N–H and O–H groups in total. The van der Waals surface area contributed by atoms with Crippen LogP contribution < -0.4 is 9.64 Å². The van der Waals surface area contributed by atoms with Gasteiger partial charge >= 0.3 is 0 Å². The van der Waals surface area contributed by atoms with Gasteiger partial charge in [-0.1, -0.05) is 17.7 Å². The zero-order valence-corrected chi connectivity index (χ0v) is 13.4. The molecule has 24 heavy (non-hydrogen) atoms. The van der Waals surface area contributed by atoms with Crippen molar-refractivity contribution >= 4 is 17.3 Å². The van der Waals surface area contributed by atoms with Crippen molar-refractivity contribution in [1.82, 2.24) is 0 Å². The molecule has 0 spiro atoms. The maximum absolute atomic E-state index is 14.3. The summed E-state index contributed by atoms with van der Waals surface area (Å²) in [6.45, 7) is 0.823. The van der Waals surface area contributed by atoms with E-state index in [-0.39, 0.29) is 17.4 Å². The van der Waals surface area contributed by atoms with E-state index in [2.05, 4.69) is 0 Å². The minimum absolute atomic E-state index is 0.0713. The monoisotopic (exact) mass is 357 g/mol. The quantitative estimate of drug-likeness (QED) is 0.900. The molecular formula is C17H15ClF3NO2. The molecule has 1 fully saturated rings. The standard InChI is InChI=1S/C17H15ClF3NO2/c18-12-6-16(22-4-3-11(23)8-22)15(21)7-17(12)24-9-10-1-2-13(19)14(20)5-10/h1-2,5-7,11,23H,3-4,8-9H2. The third kappa shape index (κ3) is 3.60. The van der Waals surface area contributed by atoms with Gasteiger partial charge in [0.05, 0.1) is 16.8 Å². The molecule has 1 aliphatic heterocycles. The molecule has 0 bridgehead atoms. The number of β-amino-alcohol motifs (C(OH)–C–C–N with tert-alkyl or cyclic N) is 1. The highest BCUT2D eigenvalue weighted by Gasteiger charge is 2.24. The number of halogens is 4. The Bertz CT molecular complexity index is 757. The van der Waals surface area contributed by atoms with Crippen LogP contribution in [0.15, 0.2) is 30.3 Å². The normalized spacial score (nSPS) is 17.4. The van der Waals surface area contributed by atoms with Crippen LogP contribution in [0.25, 0.3) is 0 Å². The Labute approximate surface area is 142 Å². The third-order valence-corrected chi connectivity index (χ3v) is 4.18. The van der Waals surface area contributed by atoms with Gasteiger partial charge in [0.1, 0.15) is 18.2 Å². The Balaban J connectivity index is 1.74. The molecule has 1 atom stereocenters. The van der Waals surface area contributed by atoms with Crippen LogP contribution in [0.1, 0.15) is 12.0 Å². The first kappa shape index (κ1) is 16.9. The van der Waals surface area contributed by atoms with Gasteiger partial charge in [0.15, 0.2) is 11.6 Å². The lowest BCUT2D eigenvalue weighted by atomic mass is 10.2. The summed E-state index contributed by atoms with van der Waals surface area (Å²) in [5.41, 5.74) is 0.703. The number of aliphatic hydroxyl groups excluding tert-OH is 1. The first-order valence-corrected chi connectivity index (χ1v) is 7.80. The second-order valence-corrected chi connectivity index (χ2v) is 6.07. The Morgan fingerprint density at radius 2 is 1.92 bits per heavy atom. The van der Waals surface area contributed by atoms with Crippen LogP contribution in [0, 0.1) is 17.5 Å². The molecule has 3 rings (SSSR count). The molecule has 0 aliphatic carbocycles. The summed E-state index contributed by atoms with van der Waals surface area (Å²) in [5.74, 6) is -2.33. The molecule has 1 saturated heterocycles. The number of hydrogen-bond acceptors (Lipinski definition) is 3. The van der Waals surface area contributed by atoms with Gasteiger partial charge in [-0.25, -0.2) is 13.2 Å². The second-order valence-electron chi connectivity index (χ2n) is 5.66. The Morgan fingerprint density at radius 1 is 1.12 bits per heavy atom. The van der Waals surface area contributed by atoms with Gasteiger partial charge < -0.3 is 14.7 Å². The van der Waals surface area contributed by atoms with Gasteiger partial charge in [0.25, 0.3) is 0 Å². The molecule has 1 unspecified atom stereocenters. The molecule has 2 aromatic carbocycles. The number of anilines is 1. The van der Waals surface area contributed by atoms with E-state index in [1.165, 1.54) is 12.1 Å². The first-order chi connectivity index (χ1) is 11.4. The van der Waals surface area contributed by atoms with E-state index in [1.54, 1.807) is 4.90 Å². The summed E-state index contributed by atoms with van der Waals surface area (Å²) in [7, 11) is 0. The number of ether oxygens (including phenoxy) is 1. The van der Waals surface area contributed by atoms with Gasteiger partial charge in [-0.15, -0.1) is 0 Å². The summed E-state index contributed by atoms with van der Waals surface area (Å²) >= 11 is 6.12. The molecule has 1 aliphatic rings. The lowest BCUT2D eigenvalue weighted by Crippen LogP contribution is -2.22. The van der Waals surface area contributed by atoms with E-state index < -0.39 is 23.6 Å². The molecule has 0 saturated carbocycles. The molecular weight excluding hydrogens is 343 g/mol. The number of nitrogens with zero attached hydrogens (tertiary/aromatic N) is 1. The lowest BCUT2D eigenvalue weighted by Gasteiger charge is -2.20. The van der Waals surface area contributed by atoms with Crippen molar-refractivity contribution in [2.24, 2.45) is 0 Å². The van der Waals surface area contributed by atoms with Crippen LogP contribution in [0.5, 0.6) is 5.75 Å². The highest BCUT2D eigenvalue weighted by molar-refractivity contribution is 6.32. The minimum atomic E-state index is -0.976. The average Bonchev–Trinajstić information content (AvgIpc) is 2.97. The second kappa shape index (κ2) is 6.91. The molecule has 2 aromatic rings. The lowest BCUT2D eigenvalue weighted by molar-refractivity contribution is 0.198. The van der Waals surface area contributed by atoms with Crippen molar-refractivity contribution in [3.63, 3.8) is 0 Å². The predicted octanol–water partition coefficient (Wildman–Crippen LogP) is 3.91. The third-order valence-electron chi connectivity index (χ3n) is 3.88. The van der Waals surface area contributed by atoms with Crippen molar-refractivity contribution in [1.29, 1.82) is 0 Å². The summed E-state index contributed by atoms with van der Waals surface area (Å²) < 4.78 is 45.7. The topological polar surface area (TPSA) is 32.7 Å². The molecule has 0 aromatic heterocycles. The largest absolute Gasteiger partial charge is 0.487 e. The summed E-state index contributed by atoms with van der Waals surface area (Å²) in [4.78, 5) is 1.71. The fourth-order valence-electron chi connectivity index (χ4n) is 2.62. The van der Waals surface area contributed by atoms with Gasteiger partial charge in [0.2, 0.25) is 0 Å². The Morgan fingerprint density at radius 3 is 2.58 bits per heavy atom. The number of benzene rings is 2. The van der Waals surface area contributed by atoms with Gasteiger partial charge in [-0.2, -0.15) is 0 Å².